The van der Waals surface area contributed by atoms with Crippen LogP contribution in [0.2, 0.25) is 0 Å². The summed E-state index contributed by atoms with van der Waals surface area (Å²) in [5.74, 6) is -4.15. The predicted octanol–water partition coefficient (Wildman–Crippen LogP) is 4.18. The lowest BCUT2D eigenvalue weighted by Crippen LogP contribution is -2.49. The van der Waals surface area contributed by atoms with Gasteiger partial charge in [0.2, 0.25) is 0 Å². The number of hydrogen-bond donors (Lipinski definition) is 0. The third-order valence-corrected chi connectivity index (χ3v) is 6.82. The Morgan fingerprint density at radius 3 is 2.38 bits per heavy atom. The van der Waals surface area contributed by atoms with Crippen LogP contribution in [0.1, 0.15) is 47.2 Å². The largest absolute Gasteiger partial charge is 0.334 e. The molecule has 2 saturated heterocycles. The lowest BCUT2D eigenvalue weighted by molar-refractivity contribution is 0.0536. The molecule has 0 spiro atoms. The van der Waals surface area contributed by atoms with Crippen molar-refractivity contribution in [1.82, 2.24) is 14.7 Å². The molecule has 2 aromatic carbocycles. The first-order valence-electron chi connectivity index (χ1n) is 11.8. The molecule has 2 aromatic rings. The number of carbonyl (C=O) groups is 1. The van der Waals surface area contributed by atoms with E-state index in [0.29, 0.717) is 50.2 Å². The van der Waals surface area contributed by atoms with E-state index in [-0.39, 0.29) is 6.04 Å². The van der Waals surface area contributed by atoms with Gasteiger partial charge in [-0.25, -0.2) is 13.2 Å². The summed E-state index contributed by atoms with van der Waals surface area (Å²) in [4.78, 5) is 19.5. The Hall–Kier alpha value is -2.89. The van der Waals surface area contributed by atoms with Crippen molar-refractivity contribution in [3.63, 3.8) is 0 Å². The van der Waals surface area contributed by atoms with Crippen molar-refractivity contribution < 1.29 is 18.0 Å². The number of benzene rings is 2. The van der Waals surface area contributed by atoms with E-state index in [4.69, 9.17) is 5.26 Å². The van der Waals surface area contributed by atoms with Gasteiger partial charge in [-0.05, 0) is 62.5 Å². The molecule has 0 atom stereocenters. The third kappa shape index (κ3) is 5.78. The SMILES string of the molecule is N#Cc1cccc(CN2CCC(N(CCN3CCCC3)C(=O)c3cc(F)c(F)cc3F)CC2)c1. The van der Waals surface area contributed by atoms with Crippen LogP contribution in [0.5, 0.6) is 0 Å². The fraction of sp³-hybridized carbons (Fsp3) is 0.462. The van der Waals surface area contributed by atoms with Crippen LogP contribution in [0.25, 0.3) is 0 Å². The van der Waals surface area contributed by atoms with Gasteiger partial charge in [-0.2, -0.15) is 5.26 Å². The van der Waals surface area contributed by atoms with Crippen LogP contribution < -0.4 is 0 Å². The molecule has 0 saturated carbocycles. The first kappa shape index (κ1) is 24.2. The van der Waals surface area contributed by atoms with Crippen molar-refractivity contribution in [2.75, 3.05) is 39.3 Å². The Kier molecular flexibility index (Phi) is 7.86. The number of carbonyl (C=O) groups excluding carboxylic acids is 1. The Morgan fingerprint density at radius 1 is 0.971 bits per heavy atom. The van der Waals surface area contributed by atoms with Crippen LogP contribution in [-0.2, 0) is 6.54 Å². The lowest BCUT2D eigenvalue weighted by atomic mass is 10.0. The minimum absolute atomic E-state index is 0.107. The molecule has 8 heteroatoms. The smallest absolute Gasteiger partial charge is 0.257 e. The minimum Gasteiger partial charge on any atom is -0.334 e. The maximum absolute atomic E-state index is 14.4. The first-order chi connectivity index (χ1) is 16.4. The molecule has 0 radical (unpaired) electrons. The standard InChI is InChI=1S/C26H29F3N4O/c27-23-16-25(29)24(28)15-22(23)26(34)33(13-12-31-8-1-2-9-31)21-6-10-32(11-7-21)18-20-5-3-4-19(14-20)17-30/h3-5,14-16,21H,1-2,6-13,18H2. The molecule has 0 N–H and O–H groups in total. The summed E-state index contributed by atoms with van der Waals surface area (Å²) in [6.45, 7) is 5.25. The fourth-order valence-electron chi connectivity index (χ4n) is 4.93. The van der Waals surface area contributed by atoms with Gasteiger partial charge in [0.25, 0.3) is 5.91 Å². The van der Waals surface area contributed by atoms with Crippen molar-refractivity contribution in [3.8, 4) is 6.07 Å². The number of piperidine rings is 1. The summed E-state index contributed by atoms with van der Waals surface area (Å²) in [5.41, 5.74) is 1.26. The van der Waals surface area contributed by atoms with Gasteiger partial charge < -0.3 is 9.80 Å². The van der Waals surface area contributed by atoms with Gasteiger partial charge in [0, 0.05) is 44.8 Å². The lowest BCUT2D eigenvalue weighted by Gasteiger charge is -2.39. The minimum atomic E-state index is -1.30. The molecule has 2 heterocycles. The zero-order valence-corrected chi connectivity index (χ0v) is 19.2. The average Bonchev–Trinajstić information content (AvgIpc) is 3.36. The summed E-state index contributed by atoms with van der Waals surface area (Å²) in [6, 6.07) is 10.7. The quantitative estimate of drug-likeness (QED) is 0.570. The summed E-state index contributed by atoms with van der Waals surface area (Å²) in [5, 5.41) is 9.12. The zero-order chi connectivity index (χ0) is 24.1. The molecule has 5 nitrogen and oxygen atoms in total. The summed E-state index contributed by atoms with van der Waals surface area (Å²) in [7, 11) is 0. The Labute approximate surface area is 198 Å². The second-order valence-electron chi connectivity index (χ2n) is 9.11. The monoisotopic (exact) mass is 470 g/mol. The van der Waals surface area contributed by atoms with Crippen molar-refractivity contribution in [2.24, 2.45) is 0 Å². The highest BCUT2D eigenvalue weighted by Crippen LogP contribution is 2.23. The van der Waals surface area contributed by atoms with E-state index < -0.39 is 28.9 Å². The van der Waals surface area contributed by atoms with Gasteiger partial charge in [0.1, 0.15) is 5.82 Å². The van der Waals surface area contributed by atoms with Crippen LogP contribution in [0, 0.1) is 28.8 Å². The molecule has 0 aliphatic carbocycles. The van der Waals surface area contributed by atoms with Crippen molar-refractivity contribution in [1.29, 1.82) is 5.26 Å². The molecule has 34 heavy (non-hydrogen) atoms. The Balaban J connectivity index is 1.45. The van der Waals surface area contributed by atoms with E-state index >= 15 is 0 Å². The summed E-state index contributed by atoms with van der Waals surface area (Å²) in [6.07, 6.45) is 3.65. The average molecular weight is 471 g/mol. The van der Waals surface area contributed by atoms with Gasteiger partial charge in [-0.15, -0.1) is 0 Å². The molecular formula is C26H29F3N4O. The van der Waals surface area contributed by atoms with Crippen LogP contribution in [0.3, 0.4) is 0 Å². The van der Waals surface area contributed by atoms with Crippen molar-refractivity contribution in [3.05, 3.63) is 70.5 Å². The highest BCUT2D eigenvalue weighted by Gasteiger charge is 2.31. The third-order valence-electron chi connectivity index (χ3n) is 6.82. The zero-order valence-electron chi connectivity index (χ0n) is 19.2. The predicted molar refractivity (Wildman–Crippen MR) is 122 cm³/mol. The summed E-state index contributed by atoms with van der Waals surface area (Å²) >= 11 is 0. The number of hydrogen-bond acceptors (Lipinski definition) is 4. The van der Waals surface area contributed by atoms with E-state index in [1.807, 2.05) is 18.2 Å². The Bertz CT molecular complexity index is 1060. The number of nitrogens with zero attached hydrogens (tertiary/aromatic N) is 4. The van der Waals surface area contributed by atoms with Gasteiger partial charge in [-0.3, -0.25) is 9.69 Å². The van der Waals surface area contributed by atoms with Gasteiger partial charge in [0.05, 0.1) is 17.2 Å². The molecule has 0 bridgehead atoms. The highest BCUT2D eigenvalue weighted by atomic mass is 19.2. The van der Waals surface area contributed by atoms with E-state index in [1.54, 1.807) is 11.0 Å². The van der Waals surface area contributed by atoms with E-state index in [1.165, 1.54) is 0 Å². The van der Waals surface area contributed by atoms with Crippen LogP contribution in [0.4, 0.5) is 13.2 Å². The maximum Gasteiger partial charge on any atom is 0.257 e. The normalized spacial score (nSPS) is 17.6. The highest BCUT2D eigenvalue weighted by molar-refractivity contribution is 5.94. The second-order valence-corrected chi connectivity index (χ2v) is 9.11. The van der Waals surface area contributed by atoms with Crippen molar-refractivity contribution >= 4 is 5.91 Å². The van der Waals surface area contributed by atoms with Crippen molar-refractivity contribution in [2.45, 2.75) is 38.3 Å². The van der Waals surface area contributed by atoms with Gasteiger partial charge >= 0.3 is 0 Å². The van der Waals surface area contributed by atoms with E-state index in [2.05, 4.69) is 15.9 Å². The number of rotatable bonds is 7. The molecule has 2 fully saturated rings. The molecule has 0 unspecified atom stereocenters. The number of amides is 1. The second kappa shape index (κ2) is 11.0. The molecule has 2 aliphatic rings. The topological polar surface area (TPSA) is 50.6 Å². The number of likely N-dealkylation sites (tertiary alicyclic amines) is 2. The number of nitriles is 1. The van der Waals surface area contributed by atoms with Crippen LogP contribution in [0.15, 0.2) is 36.4 Å². The molecule has 1 amide bonds. The van der Waals surface area contributed by atoms with Gasteiger partial charge in [-0.1, -0.05) is 12.1 Å². The molecular weight excluding hydrogens is 441 g/mol. The van der Waals surface area contributed by atoms with E-state index in [0.717, 1.165) is 44.6 Å². The first-order valence-corrected chi connectivity index (χ1v) is 11.8. The molecule has 0 aromatic heterocycles. The molecule has 4 rings (SSSR count). The number of halogens is 3. The maximum atomic E-state index is 14.4. The molecule has 2 aliphatic heterocycles. The summed E-state index contributed by atoms with van der Waals surface area (Å²) < 4.78 is 41.7. The van der Waals surface area contributed by atoms with E-state index in [9.17, 15) is 18.0 Å². The van der Waals surface area contributed by atoms with Crippen LogP contribution >= 0.6 is 0 Å². The van der Waals surface area contributed by atoms with Crippen LogP contribution in [-0.4, -0.2) is 65.9 Å². The molecule has 180 valence electrons. The Morgan fingerprint density at radius 2 is 1.68 bits per heavy atom. The fourth-order valence-corrected chi connectivity index (χ4v) is 4.93. The van der Waals surface area contributed by atoms with Gasteiger partial charge in [0.15, 0.2) is 11.6 Å².